The van der Waals surface area contributed by atoms with Gasteiger partial charge in [-0.05, 0) is 42.8 Å². The highest BCUT2D eigenvalue weighted by molar-refractivity contribution is 5.97. The van der Waals surface area contributed by atoms with Gasteiger partial charge in [-0.2, -0.15) is 28.1 Å². The molecule has 212 valence electrons. The molecule has 1 aliphatic heterocycles. The largest absolute Gasteiger partial charge is 0.497 e. The van der Waals surface area contributed by atoms with E-state index in [1.165, 1.54) is 6.07 Å². The highest BCUT2D eigenvalue weighted by Crippen LogP contribution is 2.37. The summed E-state index contributed by atoms with van der Waals surface area (Å²) in [5, 5.41) is 9.75. The lowest BCUT2D eigenvalue weighted by molar-refractivity contribution is -0.141. The minimum Gasteiger partial charge on any atom is -0.497 e. The minimum atomic E-state index is -4.61. The molecule has 0 bridgehead atoms. The number of benzene rings is 1. The van der Waals surface area contributed by atoms with Gasteiger partial charge in [0.2, 0.25) is 0 Å². The van der Waals surface area contributed by atoms with Crippen LogP contribution in [0.15, 0.2) is 60.9 Å². The van der Waals surface area contributed by atoms with Crippen LogP contribution in [0.2, 0.25) is 0 Å². The Morgan fingerprint density at radius 2 is 1.85 bits per heavy atom. The van der Waals surface area contributed by atoms with E-state index in [-0.39, 0.29) is 11.9 Å². The zero-order valence-corrected chi connectivity index (χ0v) is 22.3. The highest BCUT2D eigenvalue weighted by Gasteiger charge is 2.33. The summed E-state index contributed by atoms with van der Waals surface area (Å²) in [4.78, 5) is 10.7. The second-order valence-corrected chi connectivity index (χ2v) is 9.76. The van der Waals surface area contributed by atoms with Gasteiger partial charge in [0.05, 0.1) is 45.3 Å². The molecule has 0 radical (unpaired) electrons. The molecule has 0 aliphatic carbocycles. The second kappa shape index (κ2) is 10.4. The fraction of sp³-hybridized carbons (Fsp3) is 0.286. The molecule has 1 saturated heterocycles. The van der Waals surface area contributed by atoms with Gasteiger partial charge in [0.15, 0.2) is 11.5 Å². The molecule has 13 heteroatoms. The van der Waals surface area contributed by atoms with Crippen molar-refractivity contribution in [2.24, 2.45) is 0 Å². The number of methoxy groups -OCH3 is 1. The molecule has 1 aromatic carbocycles. The van der Waals surface area contributed by atoms with Gasteiger partial charge < -0.3 is 20.1 Å². The number of aromatic nitrogens is 6. The van der Waals surface area contributed by atoms with Crippen LogP contribution in [0.1, 0.15) is 18.2 Å². The highest BCUT2D eigenvalue weighted by atomic mass is 19.4. The molecule has 0 spiro atoms. The molecule has 1 atom stereocenters. The standard InChI is InChI=1S/C28H27F3N8O2/c1-17-16-41-12-11-37(17)24-13-21(20-7-8-23(28(29,30)31)35-26(20)32)22-14-34-39(27(22)36-24)25-9-10-33-38(25)15-18-3-5-19(40-2)6-4-18/h3-10,13-14,17H,11-12,15-16H2,1-2H3,(H2,32,35)/t17-/m1/s1. The predicted molar refractivity (Wildman–Crippen MR) is 147 cm³/mol. The van der Waals surface area contributed by atoms with E-state index < -0.39 is 11.9 Å². The smallest absolute Gasteiger partial charge is 0.433 e. The number of hydrogen-bond donors (Lipinski definition) is 1. The summed E-state index contributed by atoms with van der Waals surface area (Å²) in [5.41, 5.74) is 7.51. The van der Waals surface area contributed by atoms with E-state index in [0.717, 1.165) is 17.4 Å². The average Bonchev–Trinajstić information content (AvgIpc) is 3.59. The van der Waals surface area contributed by atoms with Crippen molar-refractivity contribution >= 4 is 22.7 Å². The first-order chi connectivity index (χ1) is 19.7. The molecule has 10 nitrogen and oxygen atoms in total. The number of hydrogen-bond acceptors (Lipinski definition) is 8. The van der Waals surface area contributed by atoms with Crippen molar-refractivity contribution in [1.82, 2.24) is 29.5 Å². The van der Waals surface area contributed by atoms with E-state index in [4.69, 9.17) is 20.2 Å². The van der Waals surface area contributed by atoms with E-state index in [9.17, 15) is 13.2 Å². The Kier molecular flexibility index (Phi) is 6.73. The van der Waals surface area contributed by atoms with Crippen molar-refractivity contribution in [2.75, 3.05) is 37.5 Å². The van der Waals surface area contributed by atoms with Crippen LogP contribution >= 0.6 is 0 Å². The number of nitrogen functional groups attached to an aromatic ring is 1. The Labute approximate surface area is 233 Å². The Bertz CT molecular complexity index is 1700. The van der Waals surface area contributed by atoms with Crippen LogP contribution in [-0.4, -0.2) is 62.4 Å². The van der Waals surface area contributed by atoms with Gasteiger partial charge in [-0.1, -0.05) is 12.1 Å². The van der Waals surface area contributed by atoms with Gasteiger partial charge in [-0.25, -0.2) is 14.6 Å². The Balaban J connectivity index is 1.49. The Morgan fingerprint density at radius 3 is 2.56 bits per heavy atom. The predicted octanol–water partition coefficient (Wildman–Crippen LogP) is 4.56. The fourth-order valence-electron chi connectivity index (χ4n) is 4.98. The first-order valence-corrected chi connectivity index (χ1v) is 13.0. The molecule has 4 aromatic heterocycles. The van der Waals surface area contributed by atoms with Crippen LogP contribution in [0.25, 0.3) is 28.0 Å². The third-order valence-corrected chi connectivity index (χ3v) is 7.10. The van der Waals surface area contributed by atoms with Crippen molar-refractivity contribution in [3.05, 3.63) is 72.2 Å². The molecular formula is C28H27F3N8O2. The molecule has 5 aromatic rings. The van der Waals surface area contributed by atoms with Crippen LogP contribution in [0.4, 0.5) is 24.8 Å². The van der Waals surface area contributed by atoms with Crippen molar-refractivity contribution in [3.8, 4) is 22.7 Å². The number of halogens is 3. The molecule has 2 N–H and O–H groups in total. The summed E-state index contributed by atoms with van der Waals surface area (Å²) in [7, 11) is 1.62. The topological polar surface area (TPSA) is 109 Å². The summed E-state index contributed by atoms with van der Waals surface area (Å²) < 4.78 is 54.3. The number of anilines is 2. The normalized spacial score (nSPS) is 15.9. The molecule has 6 rings (SSSR count). The Morgan fingerprint density at radius 1 is 1.05 bits per heavy atom. The monoisotopic (exact) mass is 564 g/mol. The number of ether oxygens (including phenoxy) is 2. The Hall–Kier alpha value is -4.65. The third kappa shape index (κ3) is 5.04. The lowest BCUT2D eigenvalue weighted by Crippen LogP contribution is -2.44. The number of fused-ring (bicyclic) bond motifs is 1. The second-order valence-electron chi connectivity index (χ2n) is 9.76. The van der Waals surface area contributed by atoms with Crippen molar-refractivity contribution in [2.45, 2.75) is 25.7 Å². The van der Waals surface area contributed by atoms with Gasteiger partial charge in [-0.3, -0.25) is 0 Å². The summed E-state index contributed by atoms with van der Waals surface area (Å²) in [6.07, 6.45) is -1.30. The average molecular weight is 565 g/mol. The number of rotatable bonds is 6. The summed E-state index contributed by atoms with van der Waals surface area (Å²) in [6, 6.07) is 13.6. The molecule has 41 heavy (non-hydrogen) atoms. The van der Waals surface area contributed by atoms with Crippen LogP contribution < -0.4 is 15.4 Å². The van der Waals surface area contributed by atoms with Gasteiger partial charge in [-0.15, -0.1) is 0 Å². The molecule has 0 unspecified atom stereocenters. The maximum atomic E-state index is 13.3. The van der Waals surface area contributed by atoms with Crippen LogP contribution in [0.5, 0.6) is 5.75 Å². The van der Waals surface area contributed by atoms with E-state index in [2.05, 4.69) is 20.1 Å². The zero-order valence-electron chi connectivity index (χ0n) is 22.3. The number of nitrogens with two attached hydrogens (primary N) is 1. The lowest BCUT2D eigenvalue weighted by Gasteiger charge is -2.34. The molecule has 0 amide bonds. The first kappa shape index (κ1) is 26.6. The fourth-order valence-corrected chi connectivity index (χ4v) is 4.98. The van der Waals surface area contributed by atoms with Gasteiger partial charge in [0.25, 0.3) is 0 Å². The molecular weight excluding hydrogens is 537 g/mol. The number of pyridine rings is 2. The lowest BCUT2D eigenvalue weighted by atomic mass is 10.0. The summed E-state index contributed by atoms with van der Waals surface area (Å²) in [5.74, 6) is 1.82. The van der Waals surface area contributed by atoms with Gasteiger partial charge >= 0.3 is 6.18 Å². The van der Waals surface area contributed by atoms with E-state index in [1.807, 2.05) is 43.3 Å². The molecule has 5 heterocycles. The van der Waals surface area contributed by atoms with Crippen LogP contribution in [0, 0.1) is 0 Å². The quantitative estimate of drug-likeness (QED) is 0.320. The maximum Gasteiger partial charge on any atom is 0.433 e. The number of alkyl halides is 3. The van der Waals surface area contributed by atoms with Gasteiger partial charge in [0, 0.05) is 29.1 Å². The van der Waals surface area contributed by atoms with Crippen LogP contribution in [-0.2, 0) is 17.5 Å². The SMILES string of the molecule is COc1ccc(Cn2nccc2-n2ncc3c(-c4ccc(C(F)(F)F)nc4N)cc(N4CCOC[C@H]4C)nc32)cc1. The summed E-state index contributed by atoms with van der Waals surface area (Å²) in [6.45, 7) is 4.14. The minimum absolute atomic E-state index is 0.0293. The van der Waals surface area contributed by atoms with Crippen molar-refractivity contribution in [3.63, 3.8) is 0 Å². The van der Waals surface area contributed by atoms with Gasteiger partial charge in [0.1, 0.15) is 23.1 Å². The zero-order chi connectivity index (χ0) is 28.7. The van der Waals surface area contributed by atoms with E-state index in [0.29, 0.717) is 60.1 Å². The molecule has 0 saturated carbocycles. The number of nitrogens with zero attached hydrogens (tertiary/aromatic N) is 7. The van der Waals surface area contributed by atoms with Crippen molar-refractivity contribution in [1.29, 1.82) is 0 Å². The van der Waals surface area contributed by atoms with E-state index in [1.54, 1.807) is 28.9 Å². The van der Waals surface area contributed by atoms with Crippen molar-refractivity contribution < 1.29 is 22.6 Å². The molecule has 1 fully saturated rings. The first-order valence-electron chi connectivity index (χ1n) is 13.0. The number of morpholine rings is 1. The maximum absolute atomic E-state index is 13.3. The molecule has 1 aliphatic rings. The van der Waals surface area contributed by atoms with Crippen LogP contribution in [0.3, 0.4) is 0 Å². The van der Waals surface area contributed by atoms with E-state index >= 15 is 0 Å². The summed E-state index contributed by atoms with van der Waals surface area (Å²) >= 11 is 0. The third-order valence-electron chi connectivity index (χ3n) is 7.10.